The van der Waals surface area contributed by atoms with Crippen molar-refractivity contribution in [1.82, 2.24) is 0 Å². The van der Waals surface area contributed by atoms with Crippen molar-refractivity contribution in [3.63, 3.8) is 0 Å². The van der Waals surface area contributed by atoms with Crippen molar-refractivity contribution >= 4 is 11.6 Å². The molecule has 4 N–H and O–H groups in total. The lowest BCUT2D eigenvalue weighted by atomic mass is 9.71. The van der Waals surface area contributed by atoms with E-state index in [-0.39, 0.29) is 11.2 Å². The highest BCUT2D eigenvalue weighted by Gasteiger charge is 2.32. The fourth-order valence-corrected chi connectivity index (χ4v) is 3.18. The molecule has 0 aromatic heterocycles. The van der Waals surface area contributed by atoms with Gasteiger partial charge in [-0.25, -0.2) is 0 Å². The van der Waals surface area contributed by atoms with Gasteiger partial charge < -0.3 is 15.9 Å². The van der Waals surface area contributed by atoms with Crippen LogP contribution in [-0.4, -0.2) is 16.4 Å². The molecule has 0 bridgehead atoms. The smallest absolute Gasteiger partial charge is 0.115 e. The number of aliphatic hydroxyl groups excluding tert-OH is 1. The molecule has 0 saturated carbocycles. The molecule has 3 nitrogen and oxygen atoms in total. The Morgan fingerprint density at radius 3 is 2.41 bits per heavy atom. The monoisotopic (exact) mass is 319 g/mol. The number of aromatic hydroxyl groups is 1. The van der Waals surface area contributed by atoms with Crippen molar-refractivity contribution in [2.24, 2.45) is 5.73 Å². The molecule has 4 heteroatoms. The molecule has 1 unspecified atom stereocenters. The molecule has 118 valence electrons. The Balaban J connectivity index is 2.42. The van der Waals surface area contributed by atoms with E-state index in [1.54, 1.807) is 12.1 Å². The second kappa shape index (κ2) is 7.14. The normalized spacial score (nSPS) is 15.3. The second-order valence-electron chi connectivity index (χ2n) is 5.76. The van der Waals surface area contributed by atoms with Gasteiger partial charge in [-0.2, -0.15) is 0 Å². The van der Waals surface area contributed by atoms with Gasteiger partial charge in [-0.15, -0.1) is 0 Å². The summed E-state index contributed by atoms with van der Waals surface area (Å²) in [5.41, 5.74) is 7.55. The SMILES string of the molecule is CCC(Cc1ccc(O)cc1)(C[C@H](N)O)c1cccc(Cl)c1. The molecule has 2 aromatic carbocycles. The number of hydrogen-bond donors (Lipinski definition) is 3. The van der Waals surface area contributed by atoms with Crippen LogP contribution >= 0.6 is 11.6 Å². The van der Waals surface area contributed by atoms with E-state index < -0.39 is 6.23 Å². The molecule has 0 amide bonds. The summed E-state index contributed by atoms with van der Waals surface area (Å²) >= 11 is 6.14. The summed E-state index contributed by atoms with van der Waals surface area (Å²) in [4.78, 5) is 0. The number of halogens is 1. The minimum atomic E-state index is -0.893. The quantitative estimate of drug-likeness (QED) is 0.713. The van der Waals surface area contributed by atoms with Crippen LogP contribution < -0.4 is 5.73 Å². The number of aliphatic hydroxyl groups is 1. The van der Waals surface area contributed by atoms with Gasteiger partial charge in [0, 0.05) is 10.4 Å². The van der Waals surface area contributed by atoms with Crippen LogP contribution in [-0.2, 0) is 11.8 Å². The van der Waals surface area contributed by atoms with Crippen molar-refractivity contribution < 1.29 is 10.2 Å². The Kier molecular flexibility index (Phi) is 5.46. The zero-order valence-electron chi connectivity index (χ0n) is 12.7. The van der Waals surface area contributed by atoms with Crippen molar-refractivity contribution in [1.29, 1.82) is 0 Å². The van der Waals surface area contributed by atoms with E-state index in [1.165, 1.54) is 0 Å². The third-order valence-corrected chi connectivity index (χ3v) is 4.43. The van der Waals surface area contributed by atoms with Crippen LogP contribution in [0, 0.1) is 0 Å². The maximum Gasteiger partial charge on any atom is 0.115 e. The van der Waals surface area contributed by atoms with Crippen LogP contribution in [0.2, 0.25) is 5.02 Å². The molecular weight excluding hydrogens is 298 g/mol. The minimum absolute atomic E-state index is 0.243. The molecule has 0 aliphatic rings. The summed E-state index contributed by atoms with van der Waals surface area (Å²) < 4.78 is 0. The zero-order chi connectivity index (χ0) is 16.2. The highest BCUT2D eigenvalue weighted by molar-refractivity contribution is 6.30. The van der Waals surface area contributed by atoms with Crippen molar-refractivity contribution in [3.8, 4) is 5.75 Å². The maximum atomic E-state index is 9.78. The lowest BCUT2D eigenvalue weighted by Gasteiger charge is -2.35. The van der Waals surface area contributed by atoms with Gasteiger partial charge in [-0.05, 0) is 54.7 Å². The summed E-state index contributed by atoms with van der Waals surface area (Å²) in [6, 6.07) is 14.9. The first-order valence-corrected chi connectivity index (χ1v) is 7.80. The summed E-state index contributed by atoms with van der Waals surface area (Å²) in [5, 5.41) is 19.9. The molecule has 0 fully saturated rings. The Morgan fingerprint density at radius 2 is 1.86 bits per heavy atom. The van der Waals surface area contributed by atoms with E-state index in [2.05, 4.69) is 6.92 Å². The molecule has 0 aliphatic carbocycles. The molecule has 0 saturated heterocycles. The molecular formula is C18H22ClNO2. The van der Waals surface area contributed by atoms with Crippen molar-refractivity contribution in [2.45, 2.75) is 37.8 Å². The summed E-state index contributed by atoms with van der Waals surface area (Å²) in [5.74, 6) is 0.243. The fraction of sp³-hybridized carbons (Fsp3) is 0.333. The molecule has 0 aliphatic heterocycles. The van der Waals surface area contributed by atoms with E-state index in [0.29, 0.717) is 11.4 Å². The average Bonchev–Trinajstić information content (AvgIpc) is 2.48. The number of phenols is 1. The van der Waals surface area contributed by atoms with Crippen LogP contribution in [0.25, 0.3) is 0 Å². The van der Waals surface area contributed by atoms with Crippen LogP contribution in [0.15, 0.2) is 48.5 Å². The third-order valence-electron chi connectivity index (χ3n) is 4.19. The molecule has 2 rings (SSSR count). The van der Waals surface area contributed by atoms with Crippen LogP contribution in [0.1, 0.15) is 30.9 Å². The lowest BCUT2D eigenvalue weighted by Crippen LogP contribution is -2.36. The Morgan fingerprint density at radius 1 is 1.18 bits per heavy atom. The average molecular weight is 320 g/mol. The maximum absolute atomic E-state index is 9.78. The number of benzene rings is 2. The highest BCUT2D eigenvalue weighted by Crippen LogP contribution is 2.37. The Bertz CT molecular complexity index is 613. The Hall–Kier alpha value is -1.55. The molecule has 0 heterocycles. The fourth-order valence-electron chi connectivity index (χ4n) is 2.99. The molecule has 0 radical (unpaired) electrons. The van der Waals surface area contributed by atoms with Gasteiger partial charge in [0.1, 0.15) is 12.0 Å². The topological polar surface area (TPSA) is 66.5 Å². The van der Waals surface area contributed by atoms with Gasteiger partial charge in [0.15, 0.2) is 0 Å². The lowest BCUT2D eigenvalue weighted by molar-refractivity contribution is 0.133. The van der Waals surface area contributed by atoms with Gasteiger partial charge >= 0.3 is 0 Å². The van der Waals surface area contributed by atoms with E-state index in [4.69, 9.17) is 17.3 Å². The Labute approximate surface area is 136 Å². The van der Waals surface area contributed by atoms with E-state index in [9.17, 15) is 10.2 Å². The van der Waals surface area contributed by atoms with Crippen molar-refractivity contribution in [3.05, 3.63) is 64.7 Å². The van der Waals surface area contributed by atoms with E-state index in [0.717, 1.165) is 24.0 Å². The van der Waals surface area contributed by atoms with Crippen LogP contribution in [0.5, 0.6) is 5.75 Å². The third kappa shape index (κ3) is 4.01. The number of rotatable bonds is 6. The highest BCUT2D eigenvalue weighted by atomic mass is 35.5. The molecule has 2 atom stereocenters. The van der Waals surface area contributed by atoms with Gasteiger partial charge in [0.2, 0.25) is 0 Å². The van der Waals surface area contributed by atoms with Gasteiger partial charge in [0.05, 0.1) is 0 Å². The summed E-state index contributed by atoms with van der Waals surface area (Å²) in [6.07, 6.45) is 1.10. The van der Waals surface area contributed by atoms with Crippen LogP contribution in [0.4, 0.5) is 0 Å². The summed E-state index contributed by atoms with van der Waals surface area (Å²) in [6.45, 7) is 2.09. The van der Waals surface area contributed by atoms with E-state index in [1.807, 2.05) is 36.4 Å². The predicted octanol–water partition coefficient (Wildman–Crippen LogP) is 3.60. The number of phenolic OH excluding ortho intramolecular Hbond substituents is 1. The van der Waals surface area contributed by atoms with Gasteiger partial charge in [-0.1, -0.05) is 42.8 Å². The van der Waals surface area contributed by atoms with E-state index >= 15 is 0 Å². The van der Waals surface area contributed by atoms with Gasteiger partial charge in [0.25, 0.3) is 0 Å². The molecule has 0 spiro atoms. The van der Waals surface area contributed by atoms with Crippen molar-refractivity contribution in [2.75, 3.05) is 0 Å². The van der Waals surface area contributed by atoms with Gasteiger partial charge in [-0.3, -0.25) is 0 Å². The first-order chi connectivity index (χ1) is 10.4. The predicted molar refractivity (Wildman–Crippen MR) is 90.0 cm³/mol. The standard InChI is InChI=1S/C18H22ClNO2/c1-2-18(12-17(20)22,14-4-3-5-15(19)10-14)11-13-6-8-16(21)9-7-13/h3-10,17,21-22H,2,11-12,20H2,1H3/t17-,18?/m1/s1. The second-order valence-corrected chi connectivity index (χ2v) is 6.20. The number of nitrogens with two attached hydrogens (primary N) is 1. The molecule has 22 heavy (non-hydrogen) atoms. The zero-order valence-corrected chi connectivity index (χ0v) is 13.4. The largest absolute Gasteiger partial charge is 0.508 e. The first kappa shape index (κ1) is 16.8. The van der Waals surface area contributed by atoms with Crippen LogP contribution in [0.3, 0.4) is 0 Å². The minimum Gasteiger partial charge on any atom is -0.508 e. The first-order valence-electron chi connectivity index (χ1n) is 7.43. The number of hydrogen-bond acceptors (Lipinski definition) is 3. The summed E-state index contributed by atoms with van der Waals surface area (Å²) in [7, 11) is 0. The molecule has 2 aromatic rings.